The van der Waals surface area contributed by atoms with Crippen LogP contribution in [0.5, 0.6) is 0 Å². The van der Waals surface area contributed by atoms with Crippen LogP contribution in [0.4, 0.5) is 0 Å². The van der Waals surface area contributed by atoms with E-state index in [9.17, 15) is 0 Å². The first kappa shape index (κ1) is 22.8. The molecule has 3 aromatic rings. The molecule has 0 fully saturated rings. The van der Waals surface area contributed by atoms with E-state index in [1.165, 1.54) is 50.5 Å². The van der Waals surface area contributed by atoms with Gasteiger partial charge in [-0.1, -0.05) is 49.2 Å². The van der Waals surface area contributed by atoms with Crippen molar-refractivity contribution >= 4 is 27.2 Å². The fourth-order valence-corrected chi connectivity index (χ4v) is 5.84. The van der Waals surface area contributed by atoms with Crippen molar-refractivity contribution in [2.24, 2.45) is 0 Å². The van der Waals surface area contributed by atoms with Crippen LogP contribution >= 0.6 is 15.8 Å². The molecule has 5 heteroatoms. The summed E-state index contributed by atoms with van der Waals surface area (Å²) in [5.74, 6) is 0. The van der Waals surface area contributed by atoms with Gasteiger partial charge in [0.05, 0.1) is 0 Å². The summed E-state index contributed by atoms with van der Waals surface area (Å²) >= 11 is 4.06. The Labute approximate surface area is 190 Å². The van der Waals surface area contributed by atoms with Crippen LogP contribution in [0.2, 0.25) is 0 Å². The summed E-state index contributed by atoms with van der Waals surface area (Å²) in [6.07, 6.45) is 4.44. The third kappa shape index (κ3) is 4.15. The molecule has 0 amide bonds. The van der Waals surface area contributed by atoms with Crippen molar-refractivity contribution in [3.8, 4) is 11.4 Å². The third-order valence-corrected chi connectivity index (χ3v) is 6.95. The SMILES string of the molecule is CCN(CC)B(Br)c1n(-c2c(C)cc(C)cc2C)cc[n+]1-c1c(C)cc(C)cc1C. The summed E-state index contributed by atoms with van der Waals surface area (Å²) in [7, 11) is 0. The molecule has 0 N–H and O–H groups in total. The van der Waals surface area contributed by atoms with Crippen molar-refractivity contribution in [2.45, 2.75) is 55.4 Å². The van der Waals surface area contributed by atoms with Gasteiger partial charge in [0.25, 0.3) is 0 Å². The first-order valence-corrected chi connectivity index (χ1v) is 11.8. The summed E-state index contributed by atoms with van der Waals surface area (Å²) in [6, 6.07) is 9.11. The highest BCUT2D eigenvalue weighted by molar-refractivity contribution is 9.24. The highest BCUT2D eigenvalue weighted by Crippen LogP contribution is 2.22. The molecule has 0 saturated carbocycles. The monoisotopic (exact) mass is 466 g/mol. The number of benzene rings is 2. The number of rotatable bonds is 6. The van der Waals surface area contributed by atoms with Crippen molar-refractivity contribution < 1.29 is 4.57 Å². The fraction of sp³-hybridized carbons (Fsp3) is 0.400. The first-order valence-electron chi connectivity index (χ1n) is 10.9. The van der Waals surface area contributed by atoms with Crippen molar-refractivity contribution in [1.82, 2.24) is 9.38 Å². The minimum absolute atomic E-state index is 0.0997. The van der Waals surface area contributed by atoms with Gasteiger partial charge in [-0.15, -0.1) is 15.8 Å². The van der Waals surface area contributed by atoms with Crippen molar-refractivity contribution in [3.05, 3.63) is 70.0 Å². The molecule has 2 aromatic carbocycles. The first-order chi connectivity index (χ1) is 14.2. The quantitative estimate of drug-likeness (QED) is 0.366. The van der Waals surface area contributed by atoms with Gasteiger partial charge in [0, 0.05) is 0 Å². The Hall–Kier alpha value is -1.85. The zero-order chi connectivity index (χ0) is 22.2. The molecule has 0 bridgehead atoms. The Morgan fingerprint density at radius 2 is 1.30 bits per heavy atom. The average molecular weight is 467 g/mol. The second kappa shape index (κ2) is 9.11. The highest BCUT2D eigenvalue weighted by Gasteiger charge is 2.37. The van der Waals surface area contributed by atoms with E-state index in [0.29, 0.717) is 0 Å². The van der Waals surface area contributed by atoms with Crippen LogP contribution in [-0.2, 0) is 0 Å². The minimum Gasteiger partial charge on any atom is -0.322 e. The molecule has 1 heterocycles. The standard InChI is InChI=1S/C25H34BBrN3/c1-9-28(10-2)26(27)25-29(23-19(5)13-17(3)14-20(23)6)11-12-30(25)24-21(7)15-18(4)16-22(24)8/h11-16H,9-10H2,1-8H3/q+1. The van der Waals surface area contributed by atoms with Gasteiger partial charge in [-0.3, -0.25) is 0 Å². The molecule has 3 rings (SSSR count). The van der Waals surface area contributed by atoms with Crippen LogP contribution in [-0.4, -0.2) is 28.1 Å². The van der Waals surface area contributed by atoms with Crippen LogP contribution in [0.3, 0.4) is 0 Å². The molecule has 30 heavy (non-hydrogen) atoms. The van der Waals surface area contributed by atoms with E-state index >= 15 is 0 Å². The number of aryl methyl sites for hydroxylation is 6. The van der Waals surface area contributed by atoms with Crippen molar-refractivity contribution in [2.75, 3.05) is 13.1 Å². The van der Waals surface area contributed by atoms with Gasteiger partial charge in [-0.25, -0.2) is 9.13 Å². The molecule has 0 unspecified atom stereocenters. The zero-order valence-electron chi connectivity index (χ0n) is 19.7. The van der Waals surface area contributed by atoms with Gasteiger partial charge < -0.3 is 4.81 Å². The van der Waals surface area contributed by atoms with Crippen molar-refractivity contribution in [3.63, 3.8) is 0 Å². The Morgan fingerprint density at radius 1 is 0.833 bits per heavy atom. The number of halogens is 1. The lowest BCUT2D eigenvalue weighted by atomic mass is 9.87. The molecular formula is C25H34BBrN3+. The average Bonchev–Trinajstić information content (AvgIpc) is 3.05. The predicted octanol–water partition coefficient (Wildman–Crippen LogP) is 5.04. The van der Waals surface area contributed by atoms with Crippen LogP contribution in [0.25, 0.3) is 11.4 Å². The second-order valence-electron chi connectivity index (χ2n) is 8.45. The number of nitrogens with zero attached hydrogens (tertiary/aromatic N) is 3. The van der Waals surface area contributed by atoms with E-state index in [2.05, 4.69) is 122 Å². The summed E-state index contributed by atoms with van der Waals surface area (Å²) in [5.41, 5.74) is 11.7. The Morgan fingerprint density at radius 3 is 1.77 bits per heavy atom. The molecule has 0 atom stereocenters. The Kier molecular flexibility index (Phi) is 6.93. The molecule has 0 spiro atoms. The van der Waals surface area contributed by atoms with E-state index in [1.807, 2.05) is 0 Å². The minimum atomic E-state index is 0.0997. The summed E-state index contributed by atoms with van der Waals surface area (Å²) in [5, 5.41) is 0. The lowest BCUT2D eigenvalue weighted by molar-refractivity contribution is -0.576. The normalized spacial score (nSPS) is 11.4. The predicted molar refractivity (Wildman–Crippen MR) is 133 cm³/mol. The molecule has 0 aliphatic carbocycles. The molecule has 3 nitrogen and oxygen atoms in total. The molecule has 158 valence electrons. The maximum atomic E-state index is 4.06. The van der Waals surface area contributed by atoms with Crippen molar-refractivity contribution in [1.29, 1.82) is 0 Å². The van der Waals surface area contributed by atoms with Gasteiger partial charge >= 0.3 is 5.67 Å². The highest BCUT2D eigenvalue weighted by atomic mass is 79.9. The summed E-state index contributed by atoms with van der Waals surface area (Å²) < 4.78 is 4.75. The van der Waals surface area contributed by atoms with Crippen LogP contribution in [0.15, 0.2) is 36.7 Å². The Bertz CT molecular complexity index is 945. The van der Waals surface area contributed by atoms with E-state index in [1.54, 1.807) is 0 Å². The summed E-state index contributed by atoms with van der Waals surface area (Å²) in [6.45, 7) is 19.6. The molecule has 0 saturated heterocycles. The molecule has 0 aliphatic rings. The molecular weight excluding hydrogens is 433 g/mol. The molecule has 0 radical (unpaired) electrons. The van der Waals surface area contributed by atoms with E-state index in [-0.39, 0.29) is 5.67 Å². The van der Waals surface area contributed by atoms with Gasteiger partial charge in [-0.2, -0.15) is 0 Å². The van der Waals surface area contributed by atoms with E-state index in [4.69, 9.17) is 0 Å². The molecule has 1 aromatic heterocycles. The number of hydrogen-bond donors (Lipinski definition) is 0. The maximum absolute atomic E-state index is 4.06. The topological polar surface area (TPSA) is 12.1 Å². The largest absolute Gasteiger partial charge is 0.440 e. The van der Waals surface area contributed by atoms with Gasteiger partial charge in [-0.05, 0) is 76.9 Å². The van der Waals surface area contributed by atoms with Crippen LogP contribution in [0, 0.1) is 41.5 Å². The zero-order valence-corrected chi connectivity index (χ0v) is 21.3. The summed E-state index contributed by atoms with van der Waals surface area (Å²) in [4.78, 5) is 2.44. The fourth-order valence-electron chi connectivity index (χ4n) is 4.82. The van der Waals surface area contributed by atoms with Crippen LogP contribution in [0.1, 0.15) is 47.2 Å². The van der Waals surface area contributed by atoms with E-state index in [0.717, 1.165) is 13.1 Å². The third-order valence-electron chi connectivity index (χ3n) is 5.96. The second-order valence-corrected chi connectivity index (χ2v) is 9.32. The van der Waals surface area contributed by atoms with Gasteiger partial charge in [0.1, 0.15) is 23.8 Å². The smallest absolute Gasteiger partial charge is 0.322 e. The number of aromatic nitrogens is 2. The lowest BCUT2D eigenvalue weighted by Gasteiger charge is -2.22. The van der Waals surface area contributed by atoms with Gasteiger partial charge in [0.15, 0.2) is 0 Å². The number of hydrogen-bond acceptors (Lipinski definition) is 1. The Balaban J connectivity index is 2.35. The van der Waals surface area contributed by atoms with Gasteiger partial charge in [0.2, 0.25) is 5.72 Å². The van der Waals surface area contributed by atoms with E-state index < -0.39 is 0 Å². The molecule has 0 aliphatic heterocycles. The lowest BCUT2D eigenvalue weighted by Crippen LogP contribution is -2.60. The maximum Gasteiger partial charge on any atom is 0.440 e. The number of imidazole rings is 1. The van der Waals surface area contributed by atoms with Crippen LogP contribution < -0.4 is 10.3 Å².